The van der Waals surface area contributed by atoms with Crippen LogP contribution in [0.15, 0.2) is 66.9 Å². The Bertz CT molecular complexity index is 1170. The zero-order valence-electron chi connectivity index (χ0n) is 15.5. The van der Waals surface area contributed by atoms with Crippen LogP contribution < -0.4 is 10.6 Å². The van der Waals surface area contributed by atoms with Gasteiger partial charge in [0.05, 0.1) is 0 Å². The molecule has 2 heterocycles. The number of halogens is 1. The lowest BCUT2D eigenvalue weighted by Crippen LogP contribution is -2.20. The predicted octanol–water partition coefficient (Wildman–Crippen LogP) is 5.92. The number of carbonyl (C=O) groups excluding carboxylic acids is 1. The number of rotatable bonds is 3. The second kappa shape index (κ2) is 7.37. The van der Waals surface area contributed by atoms with E-state index >= 15 is 0 Å². The molecular formula is C22H19ClN4O. The van der Waals surface area contributed by atoms with Crippen molar-refractivity contribution in [2.24, 2.45) is 0 Å². The van der Waals surface area contributed by atoms with E-state index in [1.54, 1.807) is 0 Å². The number of pyridine rings is 1. The molecule has 5 nitrogen and oxygen atoms in total. The third-order valence-electron chi connectivity index (χ3n) is 4.42. The van der Waals surface area contributed by atoms with Gasteiger partial charge in [0.25, 0.3) is 0 Å². The number of aromatic nitrogens is 2. The predicted molar refractivity (Wildman–Crippen MR) is 114 cm³/mol. The summed E-state index contributed by atoms with van der Waals surface area (Å²) in [5, 5.41) is 6.41. The van der Waals surface area contributed by atoms with Crippen molar-refractivity contribution in [2.75, 3.05) is 10.6 Å². The van der Waals surface area contributed by atoms with Gasteiger partial charge in [-0.05, 0) is 55.8 Å². The summed E-state index contributed by atoms with van der Waals surface area (Å²) in [7, 11) is 0. The molecule has 0 atom stereocenters. The number of anilines is 2. The molecule has 2 N–H and O–H groups in total. The van der Waals surface area contributed by atoms with Gasteiger partial charge in [-0.2, -0.15) is 0 Å². The van der Waals surface area contributed by atoms with Gasteiger partial charge in [-0.15, -0.1) is 0 Å². The van der Waals surface area contributed by atoms with Crippen molar-refractivity contribution in [3.05, 3.63) is 83.0 Å². The third-order valence-corrected chi connectivity index (χ3v) is 4.66. The Labute approximate surface area is 168 Å². The number of aryl methyl sites for hydroxylation is 2. The maximum absolute atomic E-state index is 12.6. The van der Waals surface area contributed by atoms with Crippen LogP contribution in [0.25, 0.3) is 16.9 Å². The van der Waals surface area contributed by atoms with Crippen LogP contribution in [0, 0.1) is 13.8 Å². The molecule has 6 heteroatoms. The van der Waals surface area contributed by atoms with Crippen LogP contribution in [0.3, 0.4) is 0 Å². The Kier molecular flexibility index (Phi) is 4.75. The van der Waals surface area contributed by atoms with Crippen molar-refractivity contribution >= 4 is 34.8 Å². The van der Waals surface area contributed by atoms with Crippen LogP contribution in [0.1, 0.15) is 11.1 Å². The number of hydrogen-bond acceptors (Lipinski definition) is 2. The van der Waals surface area contributed by atoms with Crippen LogP contribution in [0.4, 0.5) is 16.3 Å². The first kappa shape index (κ1) is 18.1. The summed E-state index contributed by atoms with van der Waals surface area (Å²) < 4.78 is 1.86. The van der Waals surface area contributed by atoms with Gasteiger partial charge in [-0.1, -0.05) is 41.4 Å². The van der Waals surface area contributed by atoms with E-state index in [1.807, 2.05) is 85.1 Å². The van der Waals surface area contributed by atoms with Crippen LogP contribution in [0.5, 0.6) is 0 Å². The Hall–Kier alpha value is -3.31. The fourth-order valence-corrected chi connectivity index (χ4v) is 3.20. The van der Waals surface area contributed by atoms with Gasteiger partial charge < -0.3 is 5.32 Å². The molecule has 140 valence electrons. The van der Waals surface area contributed by atoms with Crippen LogP contribution in [-0.4, -0.2) is 15.4 Å². The van der Waals surface area contributed by atoms with E-state index < -0.39 is 0 Å². The molecule has 0 aliphatic carbocycles. The summed E-state index contributed by atoms with van der Waals surface area (Å²) in [4.78, 5) is 17.4. The van der Waals surface area contributed by atoms with E-state index in [1.165, 1.54) is 0 Å². The molecule has 2 aromatic carbocycles. The Morgan fingerprint density at radius 1 is 0.964 bits per heavy atom. The normalized spacial score (nSPS) is 10.8. The highest BCUT2D eigenvalue weighted by Crippen LogP contribution is 2.30. The molecule has 0 saturated carbocycles. The first-order chi connectivity index (χ1) is 13.5. The maximum Gasteiger partial charge on any atom is 0.324 e. The average Bonchev–Trinajstić information content (AvgIpc) is 3.01. The molecule has 0 fully saturated rings. The fourth-order valence-electron chi connectivity index (χ4n) is 3.01. The minimum Gasteiger partial charge on any atom is -0.308 e. The van der Waals surface area contributed by atoms with Crippen molar-refractivity contribution in [1.29, 1.82) is 0 Å². The maximum atomic E-state index is 12.6. The summed E-state index contributed by atoms with van der Waals surface area (Å²) in [6.07, 6.45) is 1.90. The molecule has 0 saturated heterocycles. The molecule has 0 radical (unpaired) electrons. The van der Waals surface area contributed by atoms with Gasteiger partial charge >= 0.3 is 6.03 Å². The van der Waals surface area contributed by atoms with Gasteiger partial charge in [-0.3, -0.25) is 9.72 Å². The highest BCUT2D eigenvalue weighted by Gasteiger charge is 2.17. The Morgan fingerprint density at radius 2 is 1.75 bits per heavy atom. The number of imidazole rings is 1. The molecule has 0 aliphatic rings. The molecule has 4 aromatic rings. The Morgan fingerprint density at radius 3 is 2.50 bits per heavy atom. The summed E-state index contributed by atoms with van der Waals surface area (Å²) in [6, 6.07) is 18.7. The van der Waals surface area contributed by atoms with Gasteiger partial charge in [0, 0.05) is 22.5 Å². The zero-order valence-corrected chi connectivity index (χ0v) is 16.3. The van der Waals surface area contributed by atoms with Crippen LogP contribution >= 0.6 is 11.6 Å². The van der Waals surface area contributed by atoms with Gasteiger partial charge in [0.15, 0.2) is 0 Å². The second-order valence-electron chi connectivity index (χ2n) is 6.70. The van der Waals surface area contributed by atoms with E-state index in [-0.39, 0.29) is 6.03 Å². The van der Waals surface area contributed by atoms with Gasteiger partial charge in [0.1, 0.15) is 17.2 Å². The number of carbonyl (C=O) groups is 1. The van der Waals surface area contributed by atoms with Crippen molar-refractivity contribution in [2.45, 2.75) is 13.8 Å². The lowest BCUT2D eigenvalue weighted by atomic mass is 10.1. The van der Waals surface area contributed by atoms with Crippen molar-refractivity contribution < 1.29 is 4.79 Å². The Balaban J connectivity index is 1.73. The lowest BCUT2D eigenvalue weighted by Gasteiger charge is -2.10. The molecule has 2 aromatic heterocycles. The molecule has 0 aliphatic heterocycles. The molecule has 0 unspecified atom stereocenters. The van der Waals surface area contributed by atoms with Crippen LogP contribution in [-0.2, 0) is 0 Å². The summed E-state index contributed by atoms with van der Waals surface area (Å²) >= 11 is 6.16. The molecule has 0 spiro atoms. The monoisotopic (exact) mass is 390 g/mol. The fraction of sp³-hybridized carbons (Fsp3) is 0.0909. The smallest absolute Gasteiger partial charge is 0.308 e. The average molecular weight is 391 g/mol. The number of urea groups is 1. The number of nitrogens with one attached hydrogen (secondary N) is 2. The number of fused-ring (bicyclic) bond motifs is 1. The highest BCUT2D eigenvalue weighted by atomic mass is 35.5. The topological polar surface area (TPSA) is 58.4 Å². The number of amides is 2. The number of nitrogens with zero attached hydrogens (tertiary/aromatic N) is 2. The van der Waals surface area contributed by atoms with E-state index in [0.29, 0.717) is 16.5 Å². The minimum absolute atomic E-state index is 0.338. The van der Waals surface area contributed by atoms with E-state index in [4.69, 9.17) is 16.6 Å². The summed E-state index contributed by atoms with van der Waals surface area (Å²) in [6.45, 7) is 4.01. The first-order valence-electron chi connectivity index (χ1n) is 8.89. The lowest BCUT2D eigenvalue weighted by molar-refractivity contribution is 0.262. The quantitative estimate of drug-likeness (QED) is 0.456. The van der Waals surface area contributed by atoms with Crippen molar-refractivity contribution in [3.8, 4) is 11.3 Å². The first-order valence-corrected chi connectivity index (χ1v) is 9.27. The minimum atomic E-state index is -0.338. The molecule has 2 amide bonds. The van der Waals surface area contributed by atoms with Gasteiger partial charge in [-0.25, -0.2) is 9.78 Å². The van der Waals surface area contributed by atoms with E-state index in [0.717, 1.165) is 28.0 Å². The van der Waals surface area contributed by atoms with Crippen molar-refractivity contribution in [3.63, 3.8) is 0 Å². The summed E-state index contributed by atoms with van der Waals surface area (Å²) in [5.74, 6) is 0.585. The van der Waals surface area contributed by atoms with Crippen molar-refractivity contribution in [1.82, 2.24) is 9.38 Å². The second-order valence-corrected chi connectivity index (χ2v) is 7.13. The highest BCUT2D eigenvalue weighted by molar-refractivity contribution is 6.30. The van der Waals surface area contributed by atoms with Crippen LogP contribution in [0.2, 0.25) is 5.02 Å². The SMILES string of the molecule is Cc1ccc(NC(=O)Nc2c(-c3cccc(Cl)c3)nc3cc(C)ccn23)cc1. The standard InChI is InChI=1S/C22H19ClN4O/c1-14-6-8-18(9-7-14)24-22(28)26-21-20(16-4-3-5-17(23)13-16)25-19-12-15(2)10-11-27(19)21/h3-13H,1-2H3,(H2,24,26,28). The zero-order chi connectivity index (χ0) is 19.7. The van der Waals surface area contributed by atoms with E-state index in [9.17, 15) is 4.79 Å². The molecule has 28 heavy (non-hydrogen) atoms. The number of benzene rings is 2. The largest absolute Gasteiger partial charge is 0.324 e. The molecular weight excluding hydrogens is 372 g/mol. The van der Waals surface area contributed by atoms with Gasteiger partial charge in [0.2, 0.25) is 0 Å². The summed E-state index contributed by atoms with van der Waals surface area (Å²) in [5.41, 5.74) is 5.18. The molecule has 0 bridgehead atoms. The third kappa shape index (κ3) is 3.70. The van der Waals surface area contributed by atoms with E-state index in [2.05, 4.69) is 10.6 Å². The number of hydrogen-bond donors (Lipinski definition) is 2. The molecule has 4 rings (SSSR count).